The van der Waals surface area contributed by atoms with E-state index in [0.717, 1.165) is 55.4 Å². The third-order valence-electron chi connectivity index (χ3n) is 6.36. The Hall–Kier alpha value is -2.89. The van der Waals surface area contributed by atoms with Crippen molar-refractivity contribution in [2.75, 3.05) is 18.0 Å². The summed E-state index contributed by atoms with van der Waals surface area (Å²) in [5.74, 6) is 0.153. The summed E-state index contributed by atoms with van der Waals surface area (Å²) in [4.78, 5) is 25.0. The van der Waals surface area contributed by atoms with Crippen molar-refractivity contribution < 1.29 is 9.21 Å². The Morgan fingerprint density at radius 1 is 0.967 bits per heavy atom. The van der Waals surface area contributed by atoms with Crippen LogP contribution in [0.4, 0.5) is 6.01 Å². The lowest BCUT2D eigenvalue weighted by molar-refractivity contribution is 0.0806. The van der Waals surface area contributed by atoms with E-state index in [0.29, 0.717) is 12.1 Å². The largest absolute Gasteiger partial charge is 0.423 e. The van der Waals surface area contributed by atoms with Crippen molar-refractivity contribution in [3.05, 3.63) is 54.1 Å². The fourth-order valence-electron chi connectivity index (χ4n) is 4.63. The molecule has 2 aromatic heterocycles. The minimum absolute atomic E-state index is 0.00154. The van der Waals surface area contributed by atoms with Crippen molar-refractivity contribution >= 4 is 23.0 Å². The molecule has 0 spiro atoms. The Kier molecular flexibility index (Phi) is 5.39. The van der Waals surface area contributed by atoms with E-state index >= 15 is 0 Å². The van der Waals surface area contributed by atoms with E-state index in [1.807, 2.05) is 48.7 Å². The molecule has 1 aromatic carbocycles. The van der Waals surface area contributed by atoms with Gasteiger partial charge in [-0.3, -0.25) is 14.4 Å². The number of anilines is 1. The SMILES string of the molecule is O=C(C1CCN(c2nc3ccccc3o2)CC1)n1ccccc1=NC1CCCCC1. The lowest BCUT2D eigenvalue weighted by Crippen LogP contribution is -2.40. The summed E-state index contributed by atoms with van der Waals surface area (Å²) < 4.78 is 7.67. The lowest BCUT2D eigenvalue weighted by Gasteiger charge is -2.30. The molecule has 1 saturated carbocycles. The van der Waals surface area contributed by atoms with Crippen LogP contribution in [0.5, 0.6) is 0 Å². The molecular formula is C24H28N4O2. The minimum Gasteiger partial charge on any atom is -0.423 e. The van der Waals surface area contributed by atoms with Gasteiger partial charge in [-0.15, -0.1) is 0 Å². The highest BCUT2D eigenvalue weighted by molar-refractivity contribution is 5.81. The molecule has 0 radical (unpaired) electrons. The predicted octanol–water partition coefficient (Wildman–Crippen LogP) is 4.42. The van der Waals surface area contributed by atoms with Gasteiger partial charge in [0.1, 0.15) is 11.0 Å². The van der Waals surface area contributed by atoms with Gasteiger partial charge >= 0.3 is 0 Å². The van der Waals surface area contributed by atoms with Crippen molar-refractivity contribution in [1.29, 1.82) is 0 Å². The first-order chi connectivity index (χ1) is 14.8. The quantitative estimate of drug-likeness (QED) is 0.648. The van der Waals surface area contributed by atoms with Crippen LogP contribution < -0.4 is 10.4 Å². The Morgan fingerprint density at radius 2 is 1.73 bits per heavy atom. The molecule has 2 fully saturated rings. The normalized spacial score (nSPS) is 19.5. The molecule has 3 aromatic rings. The minimum atomic E-state index is -0.00154. The maximum atomic E-state index is 13.3. The molecule has 0 unspecified atom stereocenters. The van der Waals surface area contributed by atoms with Gasteiger partial charge in [0.15, 0.2) is 5.58 Å². The van der Waals surface area contributed by atoms with Gasteiger partial charge in [-0.1, -0.05) is 37.5 Å². The van der Waals surface area contributed by atoms with E-state index in [1.165, 1.54) is 19.3 Å². The van der Waals surface area contributed by atoms with Gasteiger partial charge in [-0.25, -0.2) is 0 Å². The van der Waals surface area contributed by atoms with Crippen LogP contribution in [0.3, 0.4) is 0 Å². The van der Waals surface area contributed by atoms with Crippen LogP contribution in [0.1, 0.15) is 49.7 Å². The molecule has 6 nitrogen and oxygen atoms in total. The summed E-state index contributed by atoms with van der Waals surface area (Å²) in [5.41, 5.74) is 2.48. The highest BCUT2D eigenvalue weighted by Gasteiger charge is 2.28. The van der Waals surface area contributed by atoms with Gasteiger partial charge in [0.2, 0.25) is 5.91 Å². The van der Waals surface area contributed by atoms with E-state index < -0.39 is 0 Å². The highest BCUT2D eigenvalue weighted by Crippen LogP contribution is 2.27. The smallest absolute Gasteiger partial charge is 0.298 e. The summed E-state index contributed by atoms with van der Waals surface area (Å²) in [6.45, 7) is 1.54. The van der Waals surface area contributed by atoms with Crippen LogP contribution in [-0.4, -0.2) is 34.6 Å². The summed E-state index contributed by atoms with van der Waals surface area (Å²) in [6.07, 6.45) is 9.50. The summed E-state index contributed by atoms with van der Waals surface area (Å²) >= 11 is 0. The molecule has 1 aliphatic heterocycles. The zero-order chi connectivity index (χ0) is 20.3. The van der Waals surface area contributed by atoms with Crippen molar-refractivity contribution in [3.8, 4) is 0 Å². The average molecular weight is 405 g/mol. The van der Waals surface area contributed by atoms with Crippen molar-refractivity contribution in [2.45, 2.75) is 51.0 Å². The van der Waals surface area contributed by atoms with E-state index in [-0.39, 0.29) is 11.8 Å². The van der Waals surface area contributed by atoms with E-state index in [4.69, 9.17) is 9.41 Å². The number of oxazole rings is 1. The van der Waals surface area contributed by atoms with E-state index in [2.05, 4.69) is 9.88 Å². The molecular weight excluding hydrogens is 376 g/mol. The number of pyridine rings is 1. The highest BCUT2D eigenvalue weighted by atomic mass is 16.4. The first-order valence-corrected chi connectivity index (χ1v) is 11.1. The van der Waals surface area contributed by atoms with Crippen LogP contribution in [0.15, 0.2) is 58.1 Å². The zero-order valence-electron chi connectivity index (χ0n) is 17.2. The average Bonchev–Trinajstić information content (AvgIpc) is 3.24. The number of rotatable bonds is 3. The van der Waals surface area contributed by atoms with Crippen LogP contribution in [0, 0.1) is 5.92 Å². The molecule has 0 amide bonds. The molecule has 3 heterocycles. The van der Waals surface area contributed by atoms with Crippen LogP contribution >= 0.6 is 0 Å². The summed E-state index contributed by atoms with van der Waals surface area (Å²) in [7, 11) is 0. The maximum absolute atomic E-state index is 13.3. The summed E-state index contributed by atoms with van der Waals surface area (Å²) in [6, 6.07) is 14.7. The number of piperidine rings is 1. The van der Waals surface area contributed by atoms with Gasteiger partial charge in [0, 0.05) is 25.2 Å². The van der Waals surface area contributed by atoms with E-state index in [1.54, 1.807) is 4.57 Å². The number of nitrogens with zero attached hydrogens (tertiary/aromatic N) is 4. The fraction of sp³-hybridized carbons (Fsp3) is 0.458. The van der Waals surface area contributed by atoms with Crippen LogP contribution in [-0.2, 0) is 0 Å². The van der Waals surface area contributed by atoms with Gasteiger partial charge in [-0.05, 0) is 49.9 Å². The van der Waals surface area contributed by atoms with Gasteiger partial charge in [0.25, 0.3) is 6.01 Å². The predicted molar refractivity (Wildman–Crippen MR) is 116 cm³/mol. The second-order valence-corrected chi connectivity index (χ2v) is 8.41. The molecule has 1 saturated heterocycles. The van der Waals surface area contributed by atoms with Gasteiger partial charge < -0.3 is 9.32 Å². The number of hydrogen-bond acceptors (Lipinski definition) is 5. The molecule has 0 bridgehead atoms. The number of fused-ring (bicyclic) bond motifs is 1. The second-order valence-electron chi connectivity index (χ2n) is 8.41. The number of hydrogen-bond donors (Lipinski definition) is 0. The summed E-state index contributed by atoms with van der Waals surface area (Å²) in [5, 5.41) is 0. The third kappa shape index (κ3) is 3.91. The standard InChI is InChI=1S/C24H28N4O2/c29-23(28-15-7-6-12-22(28)25-19-8-2-1-3-9-19)18-13-16-27(17-14-18)24-26-20-10-4-5-11-21(20)30-24/h4-7,10-12,15,18-19H,1-3,8-9,13-14,16-17H2. The molecule has 2 aliphatic rings. The number of carbonyl (C=O) groups is 1. The molecule has 30 heavy (non-hydrogen) atoms. The van der Waals surface area contributed by atoms with Gasteiger partial charge in [0.05, 0.1) is 6.04 Å². The van der Waals surface area contributed by atoms with Crippen molar-refractivity contribution in [1.82, 2.24) is 9.55 Å². The molecule has 0 N–H and O–H groups in total. The van der Waals surface area contributed by atoms with Crippen molar-refractivity contribution in [2.24, 2.45) is 10.9 Å². The molecule has 5 rings (SSSR count). The molecule has 156 valence electrons. The third-order valence-corrected chi connectivity index (χ3v) is 6.36. The maximum Gasteiger partial charge on any atom is 0.298 e. The van der Waals surface area contributed by atoms with Crippen LogP contribution in [0.25, 0.3) is 11.1 Å². The Bertz CT molecular complexity index is 1050. The Balaban J connectivity index is 1.29. The second kappa shape index (κ2) is 8.46. The lowest BCUT2D eigenvalue weighted by atomic mass is 9.95. The van der Waals surface area contributed by atoms with Gasteiger partial charge in [-0.2, -0.15) is 4.98 Å². The number of para-hydroxylation sites is 2. The fourth-order valence-corrected chi connectivity index (χ4v) is 4.63. The topological polar surface area (TPSA) is 63.6 Å². The monoisotopic (exact) mass is 404 g/mol. The number of benzene rings is 1. The number of aromatic nitrogens is 2. The van der Waals surface area contributed by atoms with E-state index in [9.17, 15) is 4.79 Å². The van der Waals surface area contributed by atoms with Crippen molar-refractivity contribution in [3.63, 3.8) is 0 Å². The first-order valence-electron chi connectivity index (χ1n) is 11.1. The number of carbonyl (C=O) groups excluding carboxylic acids is 1. The Morgan fingerprint density at radius 3 is 2.53 bits per heavy atom. The Labute approximate surface area is 176 Å². The molecule has 1 aliphatic carbocycles. The van der Waals surface area contributed by atoms with Crippen LogP contribution in [0.2, 0.25) is 0 Å². The first kappa shape index (κ1) is 19.1. The molecule has 0 atom stereocenters. The molecule has 6 heteroatoms. The zero-order valence-corrected chi connectivity index (χ0v) is 17.2.